The Morgan fingerprint density at radius 2 is 1.88 bits per heavy atom. The molecule has 0 aliphatic heterocycles. The third-order valence-electron chi connectivity index (χ3n) is 3.91. The fraction of sp³-hybridized carbons (Fsp3) is 0.211. The molecule has 3 rings (SSSR count). The second-order valence-electron chi connectivity index (χ2n) is 5.93. The maximum Gasteiger partial charge on any atom is 0.313 e. The molecule has 0 aliphatic carbocycles. The number of hydrogen-bond donors (Lipinski definition) is 2. The summed E-state index contributed by atoms with van der Waals surface area (Å²) in [6, 6.07) is 14.7. The third kappa shape index (κ3) is 4.18. The molecular formula is C19H20N4O2S. The summed E-state index contributed by atoms with van der Waals surface area (Å²) in [4.78, 5) is 25.3. The van der Waals surface area contributed by atoms with Crippen molar-refractivity contribution in [2.45, 2.75) is 19.9 Å². The summed E-state index contributed by atoms with van der Waals surface area (Å²) in [5.74, 6) is -1.36. The lowest BCUT2D eigenvalue weighted by Crippen LogP contribution is -2.39. The van der Waals surface area contributed by atoms with Crippen LogP contribution in [0.5, 0.6) is 0 Å². The van der Waals surface area contributed by atoms with Gasteiger partial charge in [-0.1, -0.05) is 24.3 Å². The van der Waals surface area contributed by atoms with E-state index in [0.717, 1.165) is 16.3 Å². The zero-order chi connectivity index (χ0) is 18.5. The molecule has 0 fully saturated rings. The number of carbonyl (C=O) groups excluding carboxylic acids is 2. The van der Waals surface area contributed by atoms with E-state index in [1.165, 1.54) is 0 Å². The number of aryl methyl sites for hydroxylation is 2. The molecule has 2 N–H and O–H groups in total. The van der Waals surface area contributed by atoms with Crippen LogP contribution in [0, 0.1) is 13.8 Å². The Labute approximate surface area is 155 Å². The van der Waals surface area contributed by atoms with Crippen molar-refractivity contribution in [1.82, 2.24) is 15.1 Å². The molecule has 0 aliphatic rings. The van der Waals surface area contributed by atoms with Crippen LogP contribution >= 0.6 is 11.3 Å². The molecular weight excluding hydrogens is 348 g/mol. The summed E-state index contributed by atoms with van der Waals surface area (Å²) in [5, 5.41) is 11.8. The van der Waals surface area contributed by atoms with Gasteiger partial charge in [-0.2, -0.15) is 5.10 Å². The number of amides is 2. The van der Waals surface area contributed by atoms with Crippen molar-refractivity contribution in [1.29, 1.82) is 0 Å². The van der Waals surface area contributed by atoms with Crippen LogP contribution < -0.4 is 10.6 Å². The Morgan fingerprint density at radius 1 is 1.12 bits per heavy atom. The first-order chi connectivity index (χ1) is 12.5. The molecule has 134 valence electrons. The summed E-state index contributed by atoms with van der Waals surface area (Å²) in [5.41, 5.74) is 2.50. The molecule has 6 nitrogen and oxygen atoms in total. The van der Waals surface area contributed by atoms with Crippen LogP contribution in [0.3, 0.4) is 0 Å². The molecule has 3 aromatic rings. The standard InChI is InChI=1S/C19H20N4O2S/c1-13-11-14(2)23(22-13)16(17-9-6-10-26-17)12-20-18(24)19(25)21-15-7-4-3-5-8-15/h3-11,16H,12H2,1-2H3,(H,20,24)(H,21,25). The Bertz CT molecular complexity index is 888. The van der Waals surface area contributed by atoms with Gasteiger partial charge in [0.15, 0.2) is 0 Å². The Morgan fingerprint density at radius 3 is 2.50 bits per heavy atom. The highest BCUT2D eigenvalue weighted by Gasteiger charge is 2.21. The normalized spacial score (nSPS) is 11.8. The summed E-state index contributed by atoms with van der Waals surface area (Å²) < 4.78 is 1.89. The predicted octanol–water partition coefficient (Wildman–Crippen LogP) is 2.91. The smallest absolute Gasteiger partial charge is 0.313 e. The lowest BCUT2D eigenvalue weighted by atomic mass is 10.2. The predicted molar refractivity (Wildman–Crippen MR) is 102 cm³/mol. The number of thiophene rings is 1. The number of aromatic nitrogens is 2. The molecule has 2 heterocycles. The molecule has 7 heteroatoms. The quantitative estimate of drug-likeness (QED) is 0.680. The average molecular weight is 368 g/mol. The molecule has 1 aromatic carbocycles. The second-order valence-corrected chi connectivity index (χ2v) is 6.91. The van der Waals surface area contributed by atoms with Crippen molar-refractivity contribution in [3.8, 4) is 0 Å². The van der Waals surface area contributed by atoms with Gasteiger partial charge in [-0.25, -0.2) is 0 Å². The molecule has 0 radical (unpaired) electrons. The van der Waals surface area contributed by atoms with Crippen LogP contribution in [0.1, 0.15) is 22.3 Å². The van der Waals surface area contributed by atoms with Crippen LogP contribution in [0.25, 0.3) is 0 Å². The van der Waals surface area contributed by atoms with Gasteiger partial charge in [0.25, 0.3) is 0 Å². The molecule has 2 aromatic heterocycles. The largest absolute Gasteiger partial charge is 0.345 e. The van der Waals surface area contributed by atoms with E-state index < -0.39 is 11.8 Å². The summed E-state index contributed by atoms with van der Waals surface area (Å²) in [6.07, 6.45) is 0. The first-order valence-electron chi connectivity index (χ1n) is 8.25. The molecule has 26 heavy (non-hydrogen) atoms. The zero-order valence-corrected chi connectivity index (χ0v) is 15.4. The van der Waals surface area contributed by atoms with Gasteiger partial charge < -0.3 is 10.6 Å². The van der Waals surface area contributed by atoms with E-state index in [9.17, 15) is 9.59 Å². The van der Waals surface area contributed by atoms with E-state index in [2.05, 4.69) is 15.7 Å². The van der Waals surface area contributed by atoms with Crippen LogP contribution in [-0.4, -0.2) is 28.1 Å². The van der Waals surface area contributed by atoms with Crippen molar-refractivity contribution in [3.63, 3.8) is 0 Å². The minimum atomic E-state index is -0.686. The van der Waals surface area contributed by atoms with Gasteiger partial charge >= 0.3 is 11.8 Å². The van der Waals surface area contributed by atoms with E-state index >= 15 is 0 Å². The highest BCUT2D eigenvalue weighted by Crippen LogP contribution is 2.24. The lowest BCUT2D eigenvalue weighted by molar-refractivity contribution is -0.136. The second kappa shape index (κ2) is 7.97. The van der Waals surface area contributed by atoms with Crippen LogP contribution in [-0.2, 0) is 9.59 Å². The average Bonchev–Trinajstić information content (AvgIpc) is 3.26. The van der Waals surface area contributed by atoms with Gasteiger partial charge in [0.1, 0.15) is 6.04 Å². The van der Waals surface area contributed by atoms with Gasteiger partial charge in [0.05, 0.1) is 5.69 Å². The first-order valence-corrected chi connectivity index (χ1v) is 9.13. The molecule has 1 unspecified atom stereocenters. The molecule has 0 saturated carbocycles. The molecule has 0 spiro atoms. The van der Waals surface area contributed by atoms with Crippen molar-refractivity contribution in [2.75, 3.05) is 11.9 Å². The fourth-order valence-corrected chi connectivity index (χ4v) is 3.54. The number of nitrogens with one attached hydrogen (secondary N) is 2. The highest BCUT2D eigenvalue weighted by molar-refractivity contribution is 7.10. The summed E-state index contributed by atoms with van der Waals surface area (Å²) >= 11 is 1.59. The van der Waals surface area contributed by atoms with Gasteiger partial charge in [0, 0.05) is 22.8 Å². The molecule has 1 atom stereocenters. The Balaban J connectivity index is 1.69. The molecule has 0 saturated heterocycles. The number of para-hydroxylation sites is 1. The maximum atomic E-state index is 12.2. The van der Waals surface area contributed by atoms with Crippen molar-refractivity contribution < 1.29 is 9.59 Å². The van der Waals surface area contributed by atoms with E-state index in [4.69, 9.17) is 0 Å². The van der Waals surface area contributed by atoms with E-state index in [1.807, 2.05) is 48.2 Å². The van der Waals surface area contributed by atoms with Crippen molar-refractivity contribution in [2.24, 2.45) is 0 Å². The van der Waals surface area contributed by atoms with Crippen molar-refractivity contribution in [3.05, 3.63) is 70.2 Å². The summed E-state index contributed by atoms with van der Waals surface area (Å²) in [6.45, 7) is 4.19. The lowest BCUT2D eigenvalue weighted by Gasteiger charge is -2.18. The third-order valence-corrected chi connectivity index (χ3v) is 4.88. The minimum Gasteiger partial charge on any atom is -0.345 e. The van der Waals surface area contributed by atoms with Gasteiger partial charge in [-0.15, -0.1) is 11.3 Å². The Hall–Kier alpha value is -2.93. The van der Waals surface area contributed by atoms with E-state index in [-0.39, 0.29) is 12.6 Å². The summed E-state index contributed by atoms with van der Waals surface area (Å²) in [7, 11) is 0. The SMILES string of the molecule is Cc1cc(C)n(C(CNC(=O)C(=O)Nc2ccccc2)c2cccs2)n1. The number of hydrogen-bond acceptors (Lipinski definition) is 4. The highest BCUT2D eigenvalue weighted by atomic mass is 32.1. The molecule has 2 amide bonds. The number of benzene rings is 1. The van der Waals surface area contributed by atoms with Gasteiger partial charge in [0.2, 0.25) is 0 Å². The van der Waals surface area contributed by atoms with Crippen LogP contribution in [0.2, 0.25) is 0 Å². The van der Waals surface area contributed by atoms with E-state index in [1.54, 1.807) is 35.6 Å². The van der Waals surface area contributed by atoms with Gasteiger partial charge in [-0.05, 0) is 43.5 Å². The maximum absolute atomic E-state index is 12.2. The minimum absolute atomic E-state index is 0.155. The Kier molecular flexibility index (Phi) is 5.48. The first kappa shape index (κ1) is 17.9. The fourth-order valence-electron chi connectivity index (χ4n) is 2.73. The number of nitrogens with zero attached hydrogens (tertiary/aromatic N) is 2. The van der Waals surface area contributed by atoms with Crippen LogP contribution in [0.4, 0.5) is 5.69 Å². The molecule has 0 bridgehead atoms. The monoisotopic (exact) mass is 368 g/mol. The van der Waals surface area contributed by atoms with Crippen LogP contribution in [0.15, 0.2) is 53.9 Å². The number of anilines is 1. The van der Waals surface area contributed by atoms with Crippen molar-refractivity contribution >= 4 is 28.8 Å². The van der Waals surface area contributed by atoms with Gasteiger partial charge in [-0.3, -0.25) is 14.3 Å². The van der Waals surface area contributed by atoms with E-state index in [0.29, 0.717) is 5.69 Å². The zero-order valence-electron chi connectivity index (χ0n) is 14.6. The number of carbonyl (C=O) groups is 2. The topological polar surface area (TPSA) is 76.0 Å². The number of rotatable bonds is 5.